The van der Waals surface area contributed by atoms with Crippen LogP contribution >= 0.6 is 0 Å². The Kier molecular flexibility index (Phi) is 3.60. The molecule has 0 saturated heterocycles. The van der Waals surface area contributed by atoms with Gasteiger partial charge in [-0.2, -0.15) is 5.10 Å². The number of nitrogens with zero attached hydrogens (tertiary/aromatic N) is 2. The summed E-state index contributed by atoms with van der Waals surface area (Å²) in [6, 6.07) is 2.87. The van der Waals surface area contributed by atoms with E-state index in [1.54, 1.807) is 0 Å². The van der Waals surface area contributed by atoms with Gasteiger partial charge in [-0.25, -0.2) is 4.68 Å². The minimum absolute atomic E-state index is 0.108. The maximum atomic E-state index is 11.6. The van der Waals surface area contributed by atoms with E-state index in [1.165, 1.54) is 19.2 Å². The molecule has 1 N–H and O–H groups in total. The molecule has 0 spiro atoms. The van der Waals surface area contributed by atoms with Crippen molar-refractivity contribution < 1.29 is 4.79 Å². The van der Waals surface area contributed by atoms with Crippen LogP contribution in [-0.4, -0.2) is 21.7 Å². The summed E-state index contributed by atoms with van der Waals surface area (Å²) in [5, 5.41) is 6.63. The van der Waals surface area contributed by atoms with Gasteiger partial charge in [-0.15, -0.1) is 0 Å². The van der Waals surface area contributed by atoms with Crippen molar-refractivity contribution in [1.82, 2.24) is 15.1 Å². The minimum Gasteiger partial charge on any atom is -0.348 e. The number of amides is 1. The van der Waals surface area contributed by atoms with Crippen LogP contribution in [0, 0.1) is 0 Å². The van der Waals surface area contributed by atoms with Gasteiger partial charge in [-0.1, -0.05) is 6.92 Å². The molecule has 0 bridgehead atoms. The molecule has 1 atom stereocenters. The molecule has 0 radical (unpaired) electrons. The molecule has 1 amide bonds. The number of aromatic nitrogens is 2. The number of rotatable bonds is 3. The highest BCUT2D eigenvalue weighted by atomic mass is 16.2. The second-order valence-corrected chi connectivity index (χ2v) is 3.46. The van der Waals surface area contributed by atoms with E-state index in [2.05, 4.69) is 10.4 Å². The van der Waals surface area contributed by atoms with E-state index in [-0.39, 0.29) is 23.2 Å². The van der Waals surface area contributed by atoms with Crippen LogP contribution in [0.2, 0.25) is 0 Å². The number of carbonyl (C=O) groups excluding carboxylic acids is 1. The predicted octanol–water partition coefficient (Wildman–Crippen LogP) is 0.309. The van der Waals surface area contributed by atoms with E-state index in [0.29, 0.717) is 0 Å². The Morgan fingerprint density at radius 3 is 2.80 bits per heavy atom. The predicted molar refractivity (Wildman–Crippen MR) is 56.7 cm³/mol. The van der Waals surface area contributed by atoms with Gasteiger partial charge in [0.2, 0.25) is 0 Å². The second-order valence-electron chi connectivity index (χ2n) is 3.46. The monoisotopic (exact) mass is 209 g/mol. The van der Waals surface area contributed by atoms with Crippen LogP contribution in [-0.2, 0) is 7.05 Å². The molecule has 5 nitrogen and oxygen atoms in total. The Morgan fingerprint density at radius 1 is 1.60 bits per heavy atom. The van der Waals surface area contributed by atoms with Gasteiger partial charge in [-0.05, 0) is 19.4 Å². The van der Waals surface area contributed by atoms with Crippen molar-refractivity contribution in [1.29, 1.82) is 0 Å². The number of aryl methyl sites for hydroxylation is 1. The Morgan fingerprint density at radius 2 is 2.27 bits per heavy atom. The molecule has 5 heteroatoms. The van der Waals surface area contributed by atoms with Gasteiger partial charge in [0.05, 0.1) is 0 Å². The number of hydrogen-bond acceptors (Lipinski definition) is 3. The van der Waals surface area contributed by atoms with Gasteiger partial charge in [0.25, 0.3) is 11.5 Å². The molecule has 0 aliphatic heterocycles. The number of carbonyl (C=O) groups is 1. The average Bonchev–Trinajstić information content (AvgIpc) is 2.21. The van der Waals surface area contributed by atoms with Gasteiger partial charge in [0.15, 0.2) is 0 Å². The normalized spacial score (nSPS) is 12.2. The molecule has 1 aromatic heterocycles. The van der Waals surface area contributed by atoms with Crippen LogP contribution in [0.15, 0.2) is 16.9 Å². The standard InChI is InChI=1S/C10H15N3O2/c1-4-7(2)11-10(15)8-5-6-9(14)13(3)12-8/h5-7H,4H2,1-3H3,(H,11,15)/t7-/m1/s1. The van der Waals surface area contributed by atoms with Crippen LogP contribution in [0.4, 0.5) is 0 Å². The first-order valence-electron chi connectivity index (χ1n) is 4.89. The lowest BCUT2D eigenvalue weighted by molar-refractivity contribution is 0.0932. The third kappa shape index (κ3) is 2.90. The summed E-state index contributed by atoms with van der Waals surface area (Å²) in [6.45, 7) is 3.90. The first-order chi connectivity index (χ1) is 7.04. The largest absolute Gasteiger partial charge is 0.348 e. The SMILES string of the molecule is CC[C@@H](C)NC(=O)c1ccc(=O)n(C)n1. The summed E-state index contributed by atoms with van der Waals surface area (Å²) in [4.78, 5) is 22.6. The van der Waals surface area contributed by atoms with Gasteiger partial charge < -0.3 is 5.32 Å². The van der Waals surface area contributed by atoms with Crippen molar-refractivity contribution in [3.63, 3.8) is 0 Å². The molecular weight excluding hydrogens is 194 g/mol. The van der Waals surface area contributed by atoms with Crippen molar-refractivity contribution in [2.24, 2.45) is 7.05 Å². The molecule has 0 aliphatic rings. The molecule has 1 aromatic rings. The zero-order valence-corrected chi connectivity index (χ0v) is 9.15. The van der Waals surface area contributed by atoms with E-state index in [0.717, 1.165) is 11.1 Å². The van der Waals surface area contributed by atoms with Crippen LogP contribution < -0.4 is 10.9 Å². The first-order valence-corrected chi connectivity index (χ1v) is 4.89. The lowest BCUT2D eigenvalue weighted by atomic mass is 10.2. The highest BCUT2D eigenvalue weighted by Gasteiger charge is 2.10. The molecule has 82 valence electrons. The lowest BCUT2D eigenvalue weighted by Crippen LogP contribution is -2.34. The van der Waals surface area contributed by atoms with Crippen LogP contribution in [0.25, 0.3) is 0 Å². The van der Waals surface area contributed by atoms with Crippen molar-refractivity contribution >= 4 is 5.91 Å². The summed E-state index contributed by atoms with van der Waals surface area (Å²) < 4.78 is 1.14. The average molecular weight is 209 g/mol. The molecular formula is C10H15N3O2. The summed E-state index contributed by atoms with van der Waals surface area (Å²) in [5.41, 5.74) is 0.0347. The number of hydrogen-bond donors (Lipinski definition) is 1. The van der Waals surface area contributed by atoms with Crippen molar-refractivity contribution in [3.05, 3.63) is 28.2 Å². The smallest absolute Gasteiger partial charge is 0.271 e. The lowest BCUT2D eigenvalue weighted by Gasteiger charge is -2.10. The highest BCUT2D eigenvalue weighted by molar-refractivity contribution is 5.92. The van der Waals surface area contributed by atoms with E-state index in [4.69, 9.17) is 0 Å². The fourth-order valence-electron chi connectivity index (χ4n) is 1.02. The first kappa shape index (κ1) is 11.4. The summed E-state index contributed by atoms with van der Waals surface area (Å²) in [6.07, 6.45) is 0.859. The quantitative estimate of drug-likeness (QED) is 0.779. The minimum atomic E-state index is -0.250. The maximum absolute atomic E-state index is 11.6. The van der Waals surface area contributed by atoms with Gasteiger partial charge in [0.1, 0.15) is 5.69 Å². The van der Waals surface area contributed by atoms with Crippen LogP contribution in [0.5, 0.6) is 0 Å². The molecule has 1 heterocycles. The molecule has 0 saturated carbocycles. The Hall–Kier alpha value is -1.65. The zero-order valence-electron chi connectivity index (χ0n) is 9.15. The third-order valence-electron chi connectivity index (χ3n) is 2.18. The Bertz CT molecular complexity index is 411. The van der Waals surface area contributed by atoms with Crippen LogP contribution in [0.1, 0.15) is 30.8 Å². The van der Waals surface area contributed by atoms with E-state index < -0.39 is 0 Å². The second kappa shape index (κ2) is 4.72. The molecule has 0 aromatic carbocycles. The highest BCUT2D eigenvalue weighted by Crippen LogP contribution is 1.94. The molecule has 0 fully saturated rings. The Balaban J connectivity index is 2.83. The summed E-state index contributed by atoms with van der Waals surface area (Å²) >= 11 is 0. The van der Waals surface area contributed by atoms with Gasteiger partial charge in [-0.3, -0.25) is 9.59 Å². The molecule has 1 rings (SSSR count). The molecule has 0 unspecified atom stereocenters. The van der Waals surface area contributed by atoms with E-state index in [9.17, 15) is 9.59 Å². The maximum Gasteiger partial charge on any atom is 0.271 e. The number of nitrogens with one attached hydrogen (secondary N) is 1. The Labute approximate surface area is 88.1 Å². The molecule has 0 aliphatic carbocycles. The fraction of sp³-hybridized carbons (Fsp3) is 0.500. The van der Waals surface area contributed by atoms with Crippen molar-refractivity contribution in [2.75, 3.05) is 0 Å². The van der Waals surface area contributed by atoms with Crippen LogP contribution in [0.3, 0.4) is 0 Å². The van der Waals surface area contributed by atoms with Gasteiger partial charge >= 0.3 is 0 Å². The summed E-state index contributed by atoms with van der Waals surface area (Å²) in [5.74, 6) is -0.250. The summed E-state index contributed by atoms with van der Waals surface area (Å²) in [7, 11) is 1.52. The van der Waals surface area contributed by atoms with Crippen molar-refractivity contribution in [2.45, 2.75) is 26.3 Å². The van der Waals surface area contributed by atoms with E-state index >= 15 is 0 Å². The molecule has 15 heavy (non-hydrogen) atoms. The fourth-order valence-corrected chi connectivity index (χ4v) is 1.02. The third-order valence-corrected chi connectivity index (χ3v) is 2.18. The zero-order chi connectivity index (χ0) is 11.4. The van der Waals surface area contributed by atoms with Crippen molar-refractivity contribution in [3.8, 4) is 0 Å². The van der Waals surface area contributed by atoms with Gasteiger partial charge in [0, 0.05) is 19.2 Å². The topological polar surface area (TPSA) is 64.0 Å². The van der Waals surface area contributed by atoms with E-state index in [1.807, 2.05) is 13.8 Å².